The van der Waals surface area contributed by atoms with Gasteiger partial charge in [-0.25, -0.2) is 17.2 Å². The monoisotopic (exact) mass is 563 g/mol. The number of hydrogen-bond donors (Lipinski definition) is 1. The molecule has 0 fully saturated rings. The van der Waals surface area contributed by atoms with Gasteiger partial charge in [0.25, 0.3) is 0 Å². The molecule has 12 heteroatoms. The van der Waals surface area contributed by atoms with Crippen molar-refractivity contribution in [3.05, 3.63) is 63.6 Å². The van der Waals surface area contributed by atoms with Gasteiger partial charge in [0.05, 0.1) is 11.9 Å². The van der Waals surface area contributed by atoms with E-state index in [-0.39, 0.29) is 34.6 Å². The van der Waals surface area contributed by atoms with E-state index in [9.17, 15) is 26.8 Å². The molecule has 1 N–H and O–H groups in total. The molecule has 0 spiro atoms. The van der Waals surface area contributed by atoms with E-state index in [0.717, 1.165) is 18.4 Å². The van der Waals surface area contributed by atoms with Crippen LogP contribution in [0.15, 0.2) is 36.4 Å². The van der Waals surface area contributed by atoms with Crippen LogP contribution in [0.4, 0.5) is 14.5 Å². The SMILES string of the molecule is CC[C@H](C(=O)NCC(C)C)N(Cc1c(Cl)cccc1Cl)C(=O)CN(c1ccc(F)c(F)c1)S(C)(=O)=O. The van der Waals surface area contributed by atoms with Crippen molar-refractivity contribution in [3.63, 3.8) is 0 Å². The van der Waals surface area contributed by atoms with Gasteiger partial charge in [0.1, 0.15) is 12.6 Å². The third-order valence-corrected chi connectivity index (χ3v) is 7.18. The van der Waals surface area contributed by atoms with E-state index in [0.29, 0.717) is 22.5 Å². The zero-order valence-electron chi connectivity index (χ0n) is 20.4. The summed E-state index contributed by atoms with van der Waals surface area (Å²) in [5.41, 5.74) is 0.140. The van der Waals surface area contributed by atoms with Crippen molar-refractivity contribution < 1.29 is 26.8 Å². The summed E-state index contributed by atoms with van der Waals surface area (Å²) in [7, 11) is -4.10. The van der Waals surface area contributed by atoms with Crippen LogP contribution in [0.1, 0.15) is 32.8 Å². The topological polar surface area (TPSA) is 86.8 Å². The molecular weight excluding hydrogens is 535 g/mol. The Morgan fingerprint density at radius 2 is 1.67 bits per heavy atom. The van der Waals surface area contributed by atoms with Crippen molar-refractivity contribution in [2.75, 3.05) is 23.7 Å². The van der Waals surface area contributed by atoms with Crippen molar-refractivity contribution >= 4 is 50.7 Å². The summed E-state index contributed by atoms with van der Waals surface area (Å²) in [5, 5.41) is 3.32. The Morgan fingerprint density at radius 3 is 2.17 bits per heavy atom. The number of carbonyl (C=O) groups is 2. The highest BCUT2D eigenvalue weighted by Gasteiger charge is 2.32. The highest BCUT2D eigenvalue weighted by atomic mass is 35.5. The van der Waals surface area contributed by atoms with Gasteiger partial charge in [0.2, 0.25) is 21.8 Å². The second-order valence-electron chi connectivity index (χ2n) is 8.65. The Labute approximate surface area is 220 Å². The van der Waals surface area contributed by atoms with Gasteiger partial charge < -0.3 is 10.2 Å². The number of anilines is 1. The lowest BCUT2D eigenvalue weighted by Gasteiger charge is -2.33. The predicted octanol–water partition coefficient (Wildman–Crippen LogP) is 4.62. The minimum absolute atomic E-state index is 0.155. The Morgan fingerprint density at radius 1 is 1.06 bits per heavy atom. The maximum Gasteiger partial charge on any atom is 0.244 e. The van der Waals surface area contributed by atoms with E-state index in [1.54, 1.807) is 25.1 Å². The van der Waals surface area contributed by atoms with Crippen LogP contribution < -0.4 is 9.62 Å². The fraction of sp³-hybridized carbons (Fsp3) is 0.417. The van der Waals surface area contributed by atoms with Crippen LogP contribution >= 0.6 is 23.2 Å². The molecule has 0 radical (unpaired) electrons. The number of sulfonamides is 1. The molecule has 0 bridgehead atoms. The molecule has 0 heterocycles. The number of benzene rings is 2. The molecule has 2 rings (SSSR count). The molecule has 7 nitrogen and oxygen atoms in total. The Bertz CT molecular complexity index is 1190. The molecule has 2 amide bonds. The molecule has 0 aromatic heterocycles. The lowest BCUT2D eigenvalue weighted by Crippen LogP contribution is -2.52. The molecule has 0 saturated carbocycles. The lowest BCUT2D eigenvalue weighted by molar-refractivity contribution is -0.140. The summed E-state index contributed by atoms with van der Waals surface area (Å²) in [4.78, 5) is 27.8. The first-order chi connectivity index (χ1) is 16.8. The first-order valence-electron chi connectivity index (χ1n) is 11.2. The van der Waals surface area contributed by atoms with Crippen LogP contribution in [0.2, 0.25) is 10.0 Å². The molecule has 2 aromatic rings. The van der Waals surface area contributed by atoms with Crippen LogP contribution in [-0.4, -0.2) is 50.5 Å². The highest BCUT2D eigenvalue weighted by molar-refractivity contribution is 7.92. The third-order valence-electron chi connectivity index (χ3n) is 5.33. The van der Waals surface area contributed by atoms with Crippen LogP contribution in [0, 0.1) is 17.6 Å². The molecule has 0 unspecified atom stereocenters. The van der Waals surface area contributed by atoms with Gasteiger partial charge in [0, 0.05) is 34.8 Å². The van der Waals surface area contributed by atoms with Gasteiger partial charge >= 0.3 is 0 Å². The summed E-state index contributed by atoms with van der Waals surface area (Å²) < 4.78 is 53.0. The Balaban J connectivity index is 2.50. The van der Waals surface area contributed by atoms with Crippen molar-refractivity contribution in [3.8, 4) is 0 Å². The standard InChI is InChI=1S/C24H29Cl2F2N3O4S/c1-5-22(24(33)29-12-15(2)3)30(13-17-18(25)7-6-8-19(17)26)23(32)14-31(36(4,34)35)16-9-10-20(27)21(28)11-16/h6-11,15,22H,5,12-14H2,1-4H3,(H,29,33)/t22-/m1/s1. The van der Waals surface area contributed by atoms with Crippen LogP contribution in [0.5, 0.6) is 0 Å². The molecule has 0 aliphatic rings. The second-order valence-corrected chi connectivity index (χ2v) is 11.4. The van der Waals surface area contributed by atoms with Crippen molar-refractivity contribution in [2.24, 2.45) is 5.92 Å². The van der Waals surface area contributed by atoms with Crippen molar-refractivity contribution in [2.45, 2.75) is 39.8 Å². The lowest BCUT2D eigenvalue weighted by atomic mass is 10.1. The maximum absolute atomic E-state index is 13.9. The van der Waals surface area contributed by atoms with Gasteiger partial charge in [-0.1, -0.05) is 50.0 Å². The van der Waals surface area contributed by atoms with E-state index in [2.05, 4.69) is 5.32 Å². The first-order valence-corrected chi connectivity index (χ1v) is 13.8. The summed E-state index contributed by atoms with van der Waals surface area (Å²) >= 11 is 12.6. The average molecular weight is 564 g/mol. The minimum Gasteiger partial charge on any atom is -0.354 e. The Kier molecular flexibility index (Phi) is 10.5. The van der Waals surface area contributed by atoms with Crippen LogP contribution in [0.25, 0.3) is 0 Å². The molecule has 1 atom stereocenters. The van der Waals surface area contributed by atoms with E-state index in [1.165, 1.54) is 4.90 Å². The van der Waals surface area contributed by atoms with Gasteiger partial charge in [-0.3, -0.25) is 13.9 Å². The van der Waals surface area contributed by atoms with E-state index in [4.69, 9.17) is 23.2 Å². The van der Waals surface area contributed by atoms with E-state index >= 15 is 0 Å². The van der Waals surface area contributed by atoms with Gasteiger partial charge in [0.15, 0.2) is 11.6 Å². The number of carbonyl (C=O) groups excluding carboxylic acids is 2. The molecular formula is C24H29Cl2F2N3O4S. The highest BCUT2D eigenvalue weighted by Crippen LogP contribution is 2.28. The first kappa shape index (κ1) is 29.8. The molecule has 36 heavy (non-hydrogen) atoms. The number of hydrogen-bond acceptors (Lipinski definition) is 4. The van der Waals surface area contributed by atoms with Crippen molar-refractivity contribution in [1.82, 2.24) is 10.2 Å². The molecule has 0 aliphatic heterocycles. The zero-order valence-corrected chi connectivity index (χ0v) is 22.7. The fourth-order valence-electron chi connectivity index (χ4n) is 3.45. The number of rotatable bonds is 11. The van der Waals surface area contributed by atoms with E-state index < -0.39 is 46.1 Å². The summed E-state index contributed by atoms with van der Waals surface area (Å²) in [5.74, 6) is -3.47. The average Bonchev–Trinajstić information content (AvgIpc) is 2.78. The summed E-state index contributed by atoms with van der Waals surface area (Å²) in [6.45, 7) is 4.96. The Hall–Kier alpha value is -2.43. The minimum atomic E-state index is -4.10. The van der Waals surface area contributed by atoms with Gasteiger partial charge in [-0.15, -0.1) is 0 Å². The quantitative estimate of drug-likeness (QED) is 0.432. The largest absolute Gasteiger partial charge is 0.354 e. The number of nitrogens with one attached hydrogen (secondary N) is 1. The summed E-state index contributed by atoms with van der Waals surface area (Å²) in [6.07, 6.45) is 1.05. The molecule has 0 saturated heterocycles. The zero-order chi connectivity index (χ0) is 27.2. The molecule has 0 aliphatic carbocycles. The third kappa shape index (κ3) is 7.78. The predicted molar refractivity (Wildman–Crippen MR) is 137 cm³/mol. The van der Waals surface area contributed by atoms with Crippen molar-refractivity contribution in [1.29, 1.82) is 0 Å². The number of amides is 2. The van der Waals surface area contributed by atoms with Crippen LogP contribution in [0.3, 0.4) is 0 Å². The van der Waals surface area contributed by atoms with Gasteiger partial charge in [-0.05, 0) is 36.6 Å². The number of halogens is 4. The summed E-state index contributed by atoms with van der Waals surface area (Å²) in [6, 6.07) is 6.31. The maximum atomic E-state index is 13.9. The van der Waals surface area contributed by atoms with E-state index in [1.807, 2.05) is 13.8 Å². The molecule has 198 valence electrons. The fourth-order valence-corrected chi connectivity index (χ4v) is 4.81. The van der Waals surface area contributed by atoms with Gasteiger partial charge in [-0.2, -0.15) is 0 Å². The normalized spacial score (nSPS) is 12.4. The molecule has 2 aromatic carbocycles. The second kappa shape index (κ2) is 12.7. The number of nitrogens with zero attached hydrogens (tertiary/aromatic N) is 2. The van der Waals surface area contributed by atoms with Crippen LogP contribution in [-0.2, 0) is 26.2 Å². The smallest absolute Gasteiger partial charge is 0.244 e.